The van der Waals surface area contributed by atoms with Gasteiger partial charge in [-0.2, -0.15) is 0 Å². The minimum absolute atomic E-state index is 0.0752. The molecule has 0 aliphatic carbocycles. The van der Waals surface area contributed by atoms with Crippen LogP contribution in [0, 0.1) is 0 Å². The predicted molar refractivity (Wildman–Crippen MR) is 37.3 cm³/mol. The highest BCUT2D eigenvalue weighted by molar-refractivity contribution is 7.80. The molecule has 0 spiro atoms. The van der Waals surface area contributed by atoms with Crippen LogP contribution in [0.15, 0.2) is 0 Å². The van der Waals surface area contributed by atoms with Gasteiger partial charge in [-0.3, -0.25) is 0 Å². The first-order valence-electron chi connectivity index (χ1n) is 2.59. The second kappa shape index (κ2) is 4.67. The molecule has 0 aromatic carbocycles. The first-order valence-corrected chi connectivity index (χ1v) is 3.00. The molecule has 54 valence electrons. The molecule has 1 unspecified atom stereocenters. The summed E-state index contributed by atoms with van der Waals surface area (Å²) in [6, 6.07) is 0. The Kier molecular flexibility index (Phi) is 4.57. The van der Waals surface area contributed by atoms with Crippen molar-refractivity contribution in [3.63, 3.8) is 0 Å². The molecule has 0 heterocycles. The van der Waals surface area contributed by atoms with Gasteiger partial charge in [-0.15, -0.1) is 0 Å². The number of hydrogen-bond acceptors (Lipinski definition) is 4. The van der Waals surface area contributed by atoms with E-state index in [0.717, 1.165) is 0 Å². The summed E-state index contributed by atoms with van der Waals surface area (Å²) in [5.74, 6) is 0. The third kappa shape index (κ3) is 5.68. The average Bonchev–Trinajstić information content (AvgIpc) is 1.83. The zero-order chi connectivity index (χ0) is 7.28. The van der Waals surface area contributed by atoms with Crippen molar-refractivity contribution in [1.29, 1.82) is 0 Å². The largest absolute Gasteiger partial charge is 0.485 e. The Balaban J connectivity index is 3.16. The van der Waals surface area contributed by atoms with E-state index in [-0.39, 0.29) is 13.2 Å². The highest BCUT2D eigenvalue weighted by atomic mass is 32.1. The van der Waals surface area contributed by atoms with Gasteiger partial charge in [0.15, 0.2) is 5.05 Å². The highest BCUT2D eigenvalue weighted by Crippen LogP contribution is 1.85. The lowest BCUT2D eigenvalue weighted by atomic mass is 10.4. The molecule has 0 bridgehead atoms. The number of hydrogen-bond donors (Lipinski definition) is 2. The molecular formula is C5H10O3S. The Bertz CT molecular complexity index is 94.2. The fourth-order valence-corrected chi connectivity index (χ4v) is 0.334. The van der Waals surface area contributed by atoms with Crippen LogP contribution in [0.3, 0.4) is 0 Å². The molecule has 0 aromatic heterocycles. The minimum atomic E-state index is -0.817. The Hall–Kier alpha value is -0.190. The standard InChI is InChI=1S/C5H10O3S/c1-4(9)8-3-5(7)2-6/h5-7H,2-3H2,1H3. The van der Waals surface area contributed by atoms with Gasteiger partial charge in [0.1, 0.15) is 12.7 Å². The van der Waals surface area contributed by atoms with Crippen molar-refractivity contribution in [2.75, 3.05) is 13.2 Å². The molecule has 1 atom stereocenters. The topological polar surface area (TPSA) is 49.7 Å². The lowest BCUT2D eigenvalue weighted by molar-refractivity contribution is 0.0506. The lowest BCUT2D eigenvalue weighted by Gasteiger charge is -2.06. The summed E-state index contributed by atoms with van der Waals surface area (Å²) in [6.45, 7) is 1.40. The third-order valence-electron chi connectivity index (χ3n) is 0.690. The van der Waals surface area contributed by atoms with E-state index < -0.39 is 6.10 Å². The maximum atomic E-state index is 8.67. The van der Waals surface area contributed by atoms with E-state index in [0.29, 0.717) is 5.05 Å². The van der Waals surface area contributed by atoms with Gasteiger partial charge in [0.2, 0.25) is 0 Å². The van der Waals surface area contributed by atoms with E-state index in [9.17, 15) is 0 Å². The molecular weight excluding hydrogens is 140 g/mol. The Labute approximate surface area is 59.3 Å². The van der Waals surface area contributed by atoms with E-state index in [1.807, 2.05) is 0 Å². The zero-order valence-electron chi connectivity index (χ0n) is 5.20. The van der Waals surface area contributed by atoms with Crippen LogP contribution in [-0.4, -0.2) is 34.6 Å². The van der Waals surface area contributed by atoms with Crippen LogP contribution in [0.4, 0.5) is 0 Å². The monoisotopic (exact) mass is 150 g/mol. The van der Waals surface area contributed by atoms with Crippen molar-refractivity contribution in [1.82, 2.24) is 0 Å². The maximum absolute atomic E-state index is 8.67. The minimum Gasteiger partial charge on any atom is -0.485 e. The number of thiocarbonyl (C=S) groups is 1. The maximum Gasteiger partial charge on any atom is 0.156 e. The van der Waals surface area contributed by atoms with Crippen LogP contribution >= 0.6 is 12.2 Å². The van der Waals surface area contributed by atoms with Gasteiger partial charge in [0.05, 0.1) is 6.61 Å². The fourth-order valence-electron chi connectivity index (χ4n) is 0.266. The first kappa shape index (κ1) is 8.81. The van der Waals surface area contributed by atoms with E-state index in [1.165, 1.54) is 0 Å². The molecule has 0 aliphatic heterocycles. The molecule has 0 rings (SSSR count). The summed E-state index contributed by atoms with van der Waals surface area (Å²) < 4.78 is 4.72. The van der Waals surface area contributed by atoms with Crippen molar-refractivity contribution in [3.05, 3.63) is 0 Å². The summed E-state index contributed by atoms with van der Waals surface area (Å²) in [5, 5.41) is 17.3. The van der Waals surface area contributed by atoms with E-state index in [2.05, 4.69) is 12.2 Å². The van der Waals surface area contributed by atoms with E-state index in [4.69, 9.17) is 14.9 Å². The van der Waals surface area contributed by atoms with Crippen LogP contribution in [0.1, 0.15) is 6.92 Å². The highest BCUT2D eigenvalue weighted by Gasteiger charge is 2.00. The van der Waals surface area contributed by atoms with Crippen LogP contribution in [0.2, 0.25) is 0 Å². The molecule has 9 heavy (non-hydrogen) atoms. The fraction of sp³-hybridized carbons (Fsp3) is 0.800. The molecule has 2 N–H and O–H groups in total. The summed E-state index contributed by atoms with van der Waals surface area (Å²) in [5.41, 5.74) is 0. The molecule has 0 aliphatic rings. The molecule has 3 nitrogen and oxygen atoms in total. The molecule has 0 fully saturated rings. The summed E-state index contributed by atoms with van der Waals surface area (Å²) in [6.07, 6.45) is -0.817. The number of ether oxygens (including phenoxy) is 1. The van der Waals surface area contributed by atoms with Crippen LogP contribution < -0.4 is 0 Å². The molecule has 0 amide bonds. The number of rotatable bonds is 3. The van der Waals surface area contributed by atoms with Crippen LogP contribution in [-0.2, 0) is 4.74 Å². The lowest BCUT2D eigenvalue weighted by Crippen LogP contribution is -2.20. The second-order valence-corrected chi connectivity index (χ2v) is 2.21. The van der Waals surface area contributed by atoms with Gasteiger partial charge in [0.25, 0.3) is 0 Å². The van der Waals surface area contributed by atoms with Gasteiger partial charge in [0, 0.05) is 6.92 Å². The molecule has 0 aromatic rings. The Morgan fingerprint density at radius 2 is 2.33 bits per heavy atom. The van der Waals surface area contributed by atoms with Gasteiger partial charge in [-0.1, -0.05) is 0 Å². The Morgan fingerprint density at radius 1 is 1.78 bits per heavy atom. The predicted octanol–water partition coefficient (Wildman–Crippen LogP) is -0.296. The van der Waals surface area contributed by atoms with Gasteiger partial charge >= 0.3 is 0 Å². The summed E-state index contributed by atoms with van der Waals surface area (Å²) >= 11 is 4.55. The van der Waals surface area contributed by atoms with Crippen molar-refractivity contribution in [2.24, 2.45) is 0 Å². The SMILES string of the molecule is CC(=S)OCC(O)CO. The van der Waals surface area contributed by atoms with Crippen molar-refractivity contribution >= 4 is 17.3 Å². The normalized spacial score (nSPS) is 12.8. The first-order chi connectivity index (χ1) is 4.16. The van der Waals surface area contributed by atoms with Gasteiger partial charge < -0.3 is 14.9 Å². The molecule has 0 saturated carbocycles. The van der Waals surface area contributed by atoms with Crippen molar-refractivity contribution < 1.29 is 14.9 Å². The Morgan fingerprint density at radius 3 is 2.67 bits per heavy atom. The van der Waals surface area contributed by atoms with E-state index >= 15 is 0 Å². The van der Waals surface area contributed by atoms with Gasteiger partial charge in [-0.25, -0.2) is 0 Å². The van der Waals surface area contributed by atoms with Crippen molar-refractivity contribution in [3.8, 4) is 0 Å². The second-order valence-electron chi connectivity index (χ2n) is 1.64. The van der Waals surface area contributed by atoms with Gasteiger partial charge in [-0.05, 0) is 12.2 Å². The average molecular weight is 150 g/mol. The number of aliphatic hydroxyl groups is 2. The van der Waals surface area contributed by atoms with Crippen molar-refractivity contribution in [2.45, 2.75) is 13.0 Å². The van der Waals surface area contributed by atoms with E-state index in [1.54, 1.807) is 6.92 Å². The number of aliphatic hydroxyl groups excluding tert-OH is 2. The van der Waals surface area contributed by atoms with Crippen LogP contribution in [0.25, 0.3) is 0 Å². The quantitative estimate of drug-likeness (QED) is 0.542. The molecule has 4 heteroatoms. The smallest absolute Gasteiger partial charge is 0.156 e. The van der Waals surface area contributed by atoms with Crippen LogP contribution in [0.5, 0.6) is 0 Å². The zero-order valence-corrected chi connectivity index (χ0v) is 6.02. The molecule has 0 saturated heterocycles. The summed E-state index contributed by atoms with van der Waals surface area (Å²) in [7, 11) is 0. The summed E-state index contributed by atoms with van der Waals surface area (Å²) in [4.78, 5) is 0. The third-order valence-corrected chi connectivity index (χ3v) is 0.808. The molecule has 0 radical (unpaired) electrons.